The Morgan fingerprint density at radius 3 is 0.611 bits per heavy atom. The summed E-state index contributed by atoms with van der Waals surface area (Å²) < 4.78 is 57.8. The van der Waals surface area contributed by atoms with Crippen LogP contribution in [0.2, 0.25) is 0 Å². The van der Waals surface area contributed by atoms with Gasteiger partial charge in [0.25, 0.3) is 0 Å². The van der Waals surface area contributed by atoms with Crippen LogP contribution in [0, 0.1) is 23.3 Å². The molecule has 0 unspecified atom stereocenters. The molecule has 184 valence electrons. The smallest absolute Gasteiger partial charge is 0.143 e. The van der Waals surface area contributed by atoms with E-state index in [4.69, 9.17) is 0 Å². The first kappa shape index (κ1) is 24.9. The topological polar surface area (TPSA) is 80.9 Å². The highest BCUT2D eigenvalue weighted by molar-refractivity contribution is 8.01. The molecular weight excluding hydrogens is 557 g/mol. The Morgan fingerprint density at radius 1 is 0.333 bits per heavy atom. The van der Waals surface area contributed by atoms with Gasteiger partial charge < -0.3 is 20.4 Å². The molecule has 4 aromatic rings. The number of phenols is 4. The van der Waals surface area contributed by atoms with E-state index in [-0.39, 0.29) is 39.2 Å². The normalized spacial score (nSPS) is 13.0. The minimum absolute atomic E-state index is 0.0807. The Bertz CT molecular complexity index is 1230. The Labute approximate surface area is 218 Å². The number of phenolic OH excluding ortho intramolecular Hbond substituents is 4. The van der Waals surface area contributed by atoms with Gasteiger partial charge >= 0.3 is 0 Å². The minimum Gasteiger partial charge on any atom is -0.506 e. The second-order valence-electron chi connectivity index (χ2n) is 7.41. The molecule has 1 aliphatic heterocycles. The fourth-order valence-electron chi connectivity index (χ4n) is 3.30. The maximum atomic E-state index is 14.5. The molecule has 4 nitrogen and oxygen atoms in total. The van der Waals surface area contributed by atoms with E-state index < -0.39 is 46.3 Å². The Kier molecular flexibility index (Phi) is 6.62. The van der Waals surface area contributed by atoms with E-state index in [2.05, 4.69) is 0 Å². The first-order valence-corrected chi connectivity index (χ1v) is 13.2. The number of rotatable bonds is 0. The van der Waals surface area contributed by atoms with Gasteiger partial charge in [-0.1, -0.05) is 47.0 Å². The van der Waals surface area contributed by atoms with Crippen LogP contribution in [-0.4, -0.2) is 20.4 Å². The van der Waals surface area contributed by atoms with E-state index in [0.717, 1.165) is 48.5 Å². The average Bonchev–Trinajstić information content (AvgIpc) is 2.80. The van der Waals surface area contributed by atoms with Gasteiger partial charge in [0, 0.05) is 0 Å². The predicted octanol–water partition coefficient (Wildman–Crippen LogP) is 7.98. The van der Waals surface area contributed by atoms with Crippen LogP contribution in [0.4, 0.5) is 17.6 Å². The quantitative estimate of drug-likeness (QED) is 0.140. The lowest BCUT2D eigenvalue weighted by Gasteiger charge is -2.16. The summed E-state index contributed by atoms with van der Waals surface area (Å²) in [6.07, 6.45) is 0. The number of benzene rings is 4. The Balaban J connectivity index is 1.78. The molecule has 0 fully saturated rings. The zero-order chi connectivity index (χ0) is 25.7. The largest absolute Gasteiger partial charge is 0.506 e. The number of hydrogen-bond donors (Lipinski definition) is 4. The van der Waals surface area contributed by atoms with Crippen LogP contribution in [0.3, 0.4) is 0 Å². The second kappa shape index (κ2) is 9.58. The van der Waals surface area contributed by atoms with Crippen molar-refractivity contribution in [2.24, 2.45) is 0 Å². The summed E-state index contributed by atoms with van der Waals surface area (Å²) in [5, 5.41) is 43.2. The standard InChI is InChI=1S/C24H12F4O4S4/c25-9-1-13-21(29)14(2-9)34-17-5-11(27)6-18(23(17)31)36-20-8-12(28)7-19(24(20)32)35-16-4-10(26)3-15(33-13)22(16)30/h1-8,29-32H. The molecule has 0 atom stereocenters. The van der Waals surface area contributed by atoms with Gasteiger partial charge in [-0.25, -0.2) is 17.6 Å². The molecule has 0 saturated carbocycles. The van der Waals surface area contributed by atoms with Crippen LogP contribution in [0.25, 0.3) is 0 Å². The molecule has 1 heterocycles. The Hall–Kier alpha value is -2.80. The van der Waals surface area contributed by atoms with E-state index in [1.54, 1.807) is 0 Å². The third kappa shape index (κ3) is 4.77. The number of aromatic hydroxyl groups is 4. The van der Waals surface area contributed by atoms with Crippen LogP contribution in [0.5, 0.6) is 23.0 Å². The molecule has 0 aromatic heterocycles. The third-order valence-electron chi connectivity index (χ3n) is 4.90. The molecule has 4 N–H and O–H groups in total. The summed E-state index contributed by atoms with van der Waals surface area (Å²) in [7, 11) is 0. The van der Waals surface area contributed by atoms with Crippen LogP contribution in [0.1, 0.15) is 0 Å². The fourth-order valence-corrected chi connectivity index (χ4v) is 7.53. The van der Waals surface area contributed by atoms with Crippen molar-refractivity contribution < 1.29 is 38.0 Å². The molecule has 4 aromatic carbocycles. The molecule has 0 amide bonds. The fraction of sp³-hybridized carbons (Fsp3) is 0. The van der Waals surface area contributed by atoms with Gasteiger partial charge in [0.05, 0.1) is 39.2 Å². The van der Waals surface area contributed by atoms with Gasteiger partial charge in [-0.2, -0.15) is 0 Å². The lowest BCUT2D eigenvalue weighted by atomic mass is 10.3. The summed E-state index contributed by atoms with van der Waals surface area (Å²) in [5.74, 6) is -4.82. The van der Waals surface area contributed by atoms with Crippen molar-refractivity contribution in [3.63, 3.8) is 0 Å². The van der Waals surface area contributed by atoms with E-state index >= 15 is 0 Å². The molecule has 1 aliphatic rings. The van der Waals surface area contributed by atoms with Crippen LogP contribution in [-0.2, 0) is 0 Å². The summed E-state index contributed by atoms with van der Waals surface area (Å²) >= 11 is 2.66. The minimum atomic E-state index is -0.773. The maximum absolute atomic E-state index is 14.5. The highest BCUT2D eigenvalue weighted by atomic mass is 32.2. The van der Waals surface area contributed by atoms with Gasteiger partial charge in [0.2, 0.25) is 0 Å². The van der Waals surface area contributed by atoms with Gasteiger partial charge in [0.1, 0.15) is 46.3 Å². The lowest BCUT2D eigenvalue weighted by Crippen LogP contribution is -1.90. The zero-order valence-corrected chi connectivity index (χ0v) is 20.8. The van der Waals surface area contributed by atoms with Crippen molar-refractivity contribution in [3.8, 4) is 23.0 Å². The molecule has 0 aliphatic carbocycles. The lowest BCUT2D eigenvalue weighted by molar-refractivity contribution is 0.439. The van der Waals surface area contributed by atoms with Gasteiger partial charge in [-0.05, 0) is 48.5 Å². The molecule has 5 rings (SSSR count). The molecule has 0 saturated heterocycles. The third-order valence-corrected chi connectivity index (χ3v) is 9.15. The van der Waals surface area contributed by atoms with Crippen molar-refractivity contribution in [2.45, 2.75) is 39.2 Å². The molecule has 36 heavy (non-hydrogen) atoms. The zero-order valence-electron chi connectivity index (χ0n) is 17.6. The van der Waals surface area contributed by atoms with Crippen molar-refractivity contribution in [1.29, 1.82) is 0 Å². The van der Waals surface area contributed by atoms with E-state index in [1.165, 1.54) is 0 Å². The SMILES string of the molecule is Oc1c2cc(F)cc1Sc1cc(F)cc(c1O)Sc1cc(F)cc(c1O)Sc1cc(F)cc(c1O)S2. The first-order valence-electron chi connectivity index (χ1n) is 9.90. The maximum Gasteiger partial charge on any atom is 0.143 e. The van der Waals surface area contributed by atoms with E-state index in [0.29, 0.717) is 47.0 Å². The second-order valence-corrected chi connectivity index (χ2v) is 11.7. The van der Waals surface area contributed by atoms with Crippen LogP contribution in [0.15, 0.2) is 87.7 Å². The summed E-state index contributed by atoms with van der Waals surface area (Å²) in [4.78, 5) is -0.646. The highest BCUT2D eigenvalue weighted by Gasteiger charge is 2.23. The highest BCUT2D eigenvalue weighted by Crippen LogP contribution is 2.53. The first-order chi connectivity index (χ1) is 17.1. The predicted molar refractivity (Wildman–Crippen MR) is 129 cm³/mol. The van der Waals surface area contributed by atoms with Crippen molar-refractivity contribution in [3.05, 3.63) is 71.8 Å². The van der Waals surface area contributed by atoms with E-state index in [9.17, 15) is 38.0 Å². The Morgan fingerprint density at radius 2 is 0.472 bits per heavy atom. The van der Waals surface area contributed by atoms with Gasteiger partial charge in [-0.15, -0.1) is 0 Å². The van der Waals surface area contributed by atoms with Crippen molar-refractivity contribution in [1.82, 2.24) is 0 Å². The number of halogens is 4. The molecule has 8 bridgehead atoms. The molecule has 0 spiro atoms. The summed E-state index contributed by atoms with van der Waals surface area (Å²) in [6, 6.07) is 7.79. The number of fused-ring (bicyclic) bond motifs is 8. The van der Waals surface area contributed by atoms with Crippen molar-refractivity contribution in [2.75, 3.05) is 0 Å². The molecular formula is C24H12F4O4S4. The summed E-state index contributed by atoms with van der Waals surface area (Å²) in [6.45, 7) is 0. The van der Waals surface area contributed by atoms with Crippen LogP contribution < -0.4 is 0 Å². The van der Waals surface area contributed by atoms with Gasteiger partial charge in [-0.3, -0.25) is 0 Å². The molecule has 0 radical (unpaired) electrons. The average molecular weight is 569 g/mol. The number of hydrogen-bond acceptors (Lipinski definition) is 8. The molecule has 12 heteroatoms. The summed E-state index contributed by atoms with van der Waals surface area (Å²) in [5.41, 5.74) is 0. The van der Waals surface area contributed by atoms with Gasteiger partial charge in [0.15, 0.2) is 0 Å². The monoisotopic (exact) mass is 568 g/mol. The van der Waals surface area contributed by atoms with Crippen molar-refractivity contribution >= 4 is 47.0 Å². The van der Waals surface area contributed by atoms with Crippen LogP contribution >= 0.6 is 47.0 Å². The van der Waals surface area contributed by atoms with E-state index in [1.807, 2.05) is 0 Å².